The predicted molar refractivity (Wildman–Crippen MR) is 147 cm³/mol. The minimum absolute atomic E-state index is 0.0119. The molecule has 11 nitrogen and oxygen atoms in total. The van der Waals surface area contributed by atoms with E-state index in [-0.39, 0.29) is 11.4 Å². The largest absolute Gasteiger partial charge is 0.416 e. The van der Waals surface area contributed by atoms with Crippen molar-refractivity contribution < 1.29 is 22.7 Å². The zero-order valence-electron chi connectivity index (χ0n) is 22.1. The molecular weight excluding hydrogens is 539 g/mol. The molecule has 0 atom stereocenters. The lowest BCUT2D eigenvalue weighted by Gasteiger charge is -2.26. The number of alkyl halides is 3. The van der Waals surface area contributed by atoms with Crippen molar-refractivity contribution in [3.63, 3.8) is 0 Å². The van der Waals surface area contributed by atoms with Crippen LogP contribution in [0.4, 0.5) is 36.3 Å². The van der Waals surface area contributed by atoms with Crippen LogP contribution in [0.1, 0.15) is 21.6 Å². The van der Waals surface area contributed by atoms with Gasteiger partial charge in [0.2, 0.25) is 0 Å². The molecule has 5 rings (SSSR count). The number of amides is 1. The summed E-state index contributed by atoms with van der Waals surface area (Å²) in [5, 5.41) is 13.3. The van der Waals surface area contributed by atoms with Crippen molar-refractivity contribution in [1.29, 1.82) is 0 Å². The lowest BCUT2D eigenvalue weighted by molar-refractivity contribution is -0.137. The molecule has 0 bridgehead atoms. The molecule has 0 radical (unpaired) electrons. The third-order valence-electron chi connectivity index (χ3n) is 6.37. The Labute approximate surface area is 233 Å². The Morgan fingerprint density at radius 2 is 1.90 bits per heavy atom. The normalized spacial score (nSPS) is 14.0. The molecule has 41 heavy (non-hydrogen) atoms. The predicted octanol–water partition coefficient (Wildman–Crippen LogP) is 4.12. The minimum atomic E-state index is -4.52. The Morgan fingerprint density at radius 3 is 2.71 bits per heavy atom. The van der Waals surface area contributed by atoms with Crippen LogP contribution in [0, 0.1) is 6.92 Å². The number of ether oxygens (including phenoxy) is 1. The summed E-state index contributed by atoms with van der Waals surface area (Å²) in [6, 6.07) is 11.1. The number of aryl methyl sites for hydroxylation is 1. The number of aromatic nitrogens is 5. The van der Waals surface area contributed by atoms with Gasteiger partial charge in [0.05, 0.1) is 25.0 Å². The maximum absolute atomic E-state index is 13.1. The molecule has 214 valence electrons. The number of benzene rings is 1. The number of rotatable bonds is 9. The Hall–Kier alpha value is -4.56. The van der Waals surface area contributed by atoms with E-state index in [9.17, 15) is 18.0 Å². The third-order valence-corrected chi connectivity index (χ3v) is 6.37. The quantitative estimate of drug-likeness (QED) is 0.274. The fourth-order valence-electron chi connectivity index (χ4n) is 4.18. The molecule has 0 spiro atoms. The van der Waals surface area contributed by atoms with E-state index in [0.29, 0.717) is 29.8 Å². The van der Waals surface area contributed by atoms with Crippen molar-refractivity contribution >= 4 is 29.0 Å². The molecule has 0 unspecified atom stereocenters. The summed E-state index contributed by atoms with van der Waals surface area (Å²) in [4.78, 5) is 28.2. The first-order valence-corrected chi connectivity index (χ1v) is 12.9. The molecule has 4 heterocycles. The van der Waals surface area contributed by atoms with Crippen molar-refractivity contribution in [1.82, 2.24) is 29.6 Å². The van der Waals surface area contributed by atoms with Crippen molar-refractivity contribution in [3.8, 4) is 5.82 Å². The molecule has 3 aromatic heterocycles. The second kappa shape index (κ2) is 12.3. The highest BCUT2D eigenvalue weighted by molar-refractivity contribution is 6.03. The van der Waals surface area contributed by atoms with Gasteiger partial charge < -0.3 is 20.7 Å². The first-order valence-electron chi connectivity index (χ1n) is 12.9. The van der Waals surface area contributed by atoms with E-state index in [0.717, 1.165) is 50.5 Å². The Kier molecular flexibility index (Phi) is 8.40. The van der Waals surface area contributed by atoms with Crippen LogP contribution < -0.4 is 16.0 Å². The molecule has 4 aromatic rings. The van der Waals surface area contributed by atoms with Crippen molar-refractivity contribution in [2.75, 3.05) is 55.3 Å². The van der Waals surface area contributed by atoms with Crippen LogP contribution in [0.15, 0.2) is 61.1 Å². The van der Waals surface area contributed by atoms with Gasteiger partial charge in [0.25, 0.3) is 5.91 Å². The van der Waals surface area contributed by atoms with Crippen molar-refractivity contribution in [3.05, 3.63) is 77.9 Å². The van der Waals surface area contributed by atoms with Crippen LogP contribution in [-0.2, 0) is 10.9 Å². The summed E-state index contributed by atoms with van der Waals surface area (Å²) in [5.74, 6) is 1.42. The van der Waals surface area contributed by atoms with E-state index < -0.39 is 17.6 Å². The van der Waals surface area contributed by atoms with Gasteiger partial charge in [0.15, 0.2) is 5.82 Å². The van der Waals surface area contributed by atoms with E-state index in [1.165, 1.54) is 24.5 Å². The summed E-state index contributed by atoms with van der Waals surface area (Å²) >= 11 is 0. The molecule has 1 aliphatic rings. The highest BCUT2D eigenvalue weighted by atomic mass is 19.4. The van der Waals surface area contributed by atoms with Gasteiger partial charge in [0, 0.05) is 44.0 Å². The van der Waals surface area contributed by atoms with Gasteiger partial charge >= 0.3 is 6.18 Å². The van der Waals surface area contributed by atoms with Crippen molar-refractivity contribution in [2.24, 2.45) is 0 Å². The number of anilines is 4. The molecule has 1 amide bonds. The summed E-state index contributed by atoms with van der Waals surface area (Å²) in [6.45, 7) is 6.67. The minimum Gasteiger partial charge on any atom is -0.379 e. The maximum Gasteiger partial charge on any atom is 0.416 e. The number of carbonyl (C=O) groups is 1. The fraction of sp³-hybridized carbons (Fsp3) is 0.296. The zero-order chi connectivity index (χ0) is 28.8. The van der Waals surface area contributed by atoms with Crippen LogP contribution in [-0.4, -0.2) is 74.9 Å². The Morgan fingerprint density at radius 1 is 1.07 bits per heavy atom. The molecular formula is C27H28F3N9O2. The van der Waals surface area contributed by atoms with E-state index >= 15 is 0 Å². The second-order valence-electron chi connectivity index (χ2n) is 9.29. The van der Waals surface area contributed by atoms with E-state index in [1.54, 1.807) is 29.1 Å². The van der Waals surface area contributed by atoms with E-state index in [1.807, 2.05) is 6.92 Å². The molecule has 1 fully saturated rings. The van der Waals surface area contributed by atoms with Crippen LogP contribution in [0.2, 0.25) is 0 Å². The SMILES string of the molecule is Cc1ccc(C(=O)Nc2cccc(C(F)(F)F)c2)nc1Nc1ccnn1-c1cc(NCCN2CCOCC2)ncn1. The lowest BCUT2D eigenvalue weighted by Crippen LogP contribution is -2.39. The van der Waals surface area contributed by atoms with Crippen LogP contribution in [0.3, 0.4) is 0 Å². The van der Waals surface area contributed by atoms with Crippen LogP contribution in [0.25, 0.3) is 5.82 Å². The molecule has 1 aliphatic heterocycles. The number of hydrogen-bond donors (Lipinski definition) is 3. The topological polar surface area (TPSA) is 122 Å². The van der Waals surface area contributed by atoms with Gasteiger partial charge in [-0.2, -0.15) is 23.0 Å². The highest BCUT2D eigenvalue weighted by Gasteiger charge is 2.30. The molecule has 14 heteroatoms. The first kappa shape index (κ1) is 28.0. The number of morpholine rings is 1. The van der Waals surface area contributed by atoms with Crippen LogP contribution >= 0.6 is 0 Å². The van der Waals surface area contributed by atoms with E-state index in [4.69, 9.17) is 4.74 Å². The molecule has 3 N–H and O–H groups in total. The van der Waals surface area contributed by atoms with Gasteiger partial charge in [0.1, 0.15) is 29.5 Å². The molecule has 0 aliphatic carbocycles. The first-order chi connectivity index (χ1) is 19.8. The van der Waals surface area contributed by atoms with Crippen molar-refractivity contribution in [2.45, 2.75) is 13.1 Å². The smallest absolute Gasteiger partial charge is 0.379 e. The fourth-order valence-corrected chi connectivity index (χ4v) is 4.18. The molecule has 1 saturated heterocycles. The zero-order valence-corrected chi connectivity index (χ0v) is 22.1. The molecule has 1 aromatic carbocycles. The second-order valence-corrected chi connectivity index (χ2v) is 9.29. The Bertz CT molecular complexity index is 1500. The summed E-state index contributed by atoms with van der Waals surface area (Å²) in [7, 11) is 0. The third kappa shape index (κ3) is 7.15. The number of halogens is 3. The maximum atomic E-state index is 13.1. The average molecular weight is 568 g/mol. The lowest BCUT2D eigenvalue weighted by atomic mass is 10.2. The summed E-state index contributed by atoms with van der Waals surface area (Å²) in [5.41, 5.74) is -0.0854. The van der Waals surface area contributed by atoms with Crippen LogP contribution in [0.5, 0.6) is 0 Å². The van der Waals surface area contributed by atoms with Gasteiger partial charge in [-0.3, -0.25) is 9.69 Å². The number of carbonyl (C=O) groups excluding carboxylic acids is 1. The summed E-state index contributed by atoms with van der Waals surface area (Å²) < 4.78 is 46.1. The Balaban J connectivity index is 1.27. The number of nitrogens with one attached hydrogen (secondary N) is 3. The molecule has 0 saturated carbocycles. The highest BCUT2D eigenvalue weighted by Crippen LogP contribution is 2.31. The van der Waals surface area contributed by atoms with Gasteiger partial charge in [-0.25, -0.2) is 15.0 Å². The van der Waals surface area contributed by atoms with E-state index in [2.05, 4.69) is 40.9 Å². The summed E-state index contributed by atoms with van der Waals surface area (Å²) in [6.07, 6.45) is -1.48. The van der Waals surface area contributed by atoms with Gasteiger partial charge in [-0.15, -0.1) is 0 Å². The number of nitrogens with zero attached hydrogens (tertiary/aromatic N) is 6. The number of hydrogen-bond acceptors (Lipinski definition) is 9. The number of pyridine rings is 1. The van der Waals surface area contributed by atoms with Gasteiger partial charge in [-0.05, 0) is 36.8 Å². The average Bonchev–Trinajstić information content (AvgIpc) is 3.43. The monoisotopic (exact) mass is 567 g/mol. The van der Waals surface area contributed by atoms with Gasteiger partial charge in [-0.1, -0.05) is 12.1 Å². The standard InChI is InChI=1S/C27H28F3N9O2/c1-18-5-6-21(26(40)35-20-4-2-3-19(15-20)27(28,29)30)36-25(18)37-23-7-8-34-39(23)24-16-22(32-17-33-24)31-9-10-38-11-13-41-14-12-38/h2-8,15-17H,9-14H2,1H3,(H,35,40)(H,36,37)(H,31,32,33).